The summed E-state index contributed by atoms with van der Waals surface area (Å²) < 4.78 is 0. The Morgan fingerprint density at radius 3 is 2.32 bits per heavy atom. The number of nitrogens with zero attached hydrogens (tertiary/aromatic N) is 2. The predicted octanol–water partition coefficient (Wildman–Crippen LogP) is 2.44. The average Bonchev–Trinajstić information content (AvgIpc) is 2.46. The molecule has 1 N–H and O–H groups in total. The molecule has 0 fully saturated rings. The first-order valence-corrected chi connectivity index (χ1v) is 7.91. The highest BCUT2D eigenvalue weighted by Gasteiger charge is 2.28. The van der Waals surface area contributed by atoms with Crippen LogP contribution in [0.5, 0.6) is 0 Å². The van der Waals surface area contributed by atoms with Crippen LogP contribution >= 0.6 is 0 Å². The second kappa shape index (κ2) is 7.75. The maximum atomic E-state index is 12.7. The monoisotopic (exact) mass is 305 g/mol. The first-order valence-electron chi connectivity index (χ1n) is 7.91. The molecule has 0 spiro atoms. The lowest BCUT2D eigenvalue weighted by Crippen LogP contribution is -2.51. The first-order chi connectivity index (χ1) is 10.2. The maximum absolute atomic E-state index is 12.7. The second-order valence-corrected chi connectivity index (χ2v) is 6.77. The minimum atomic E-state index is -0.260. The first kappa shape index (κ1) is 18.7. The molecule has 0 unspecified atom stereocenters. The second-order valence-electron chi connectivity index (χ2n) is 6.77. The topological polar surface area (TPSA) is 35.6 Å². The average molecular weight is 305 g/mol. The zero-order valence-electron chi connectivity index (χ0n) is 15.1. The fraction of sp³-hybridized carbons (Fsp3) is 0.611. The molecular weight excluding hydrogens is 274 g/mol. The summed E-state index contributed by atoms with van der Waals surface area (Å²) in [5, 5.41) is 3.12. The number of likely N-dealkylation sites (N-methyl/N-ethyl adjacent to an activating group) is 2. The summed E-state index contributed by atoms with van der Waals surface area (Å²) in [6.45, 7) is 10.1. The summed E-state index contributed by atoms with van der Waals surface area (Å²) >= 11 is 0. The highest BCUT2D eigenvalue weighted by atomic mass is 16.2. The molecule has 1 aromatic rings. The molecule has 0 heterocycles. The molecule has 1 aromatic carbocycles. The Morgan fingerprint density at radius 1 is 1.23 bits per heavy atom. The third-order valence-electron chi connectivity index (χ3n) is 4.45. The van der Waals surface area contributed by atoms with Crippen LogP contribution in [0.4, 0.5) is 0 Å². The summed E-state index contributed by atoms with van der Waals surface area (Å²) in [6.07, 6.45) is 0. The van der Waals surface area contributed by atoms with E-state index in [4.69, 9.17) is 0 Å². The number of nitrogens with one attached hydrogen (secondary N) is 1. The summed E-state index contributed by atoms with van der Waals surface area (Å²) in [5.74, 6) is 0.0527. The molecule has 22 heavy (non-hydrogen) atoms. The van der Waals surface area contributed by atoms with Crippen LogP contribution in [-0.4, -0.2) is 55.5 Å². The molecule has 1 rings (SSSR count). The van der Waals surface area contributed by atoms with Gasteiger partial charge in [0.15, 0.2) is 0 Å². The van der Waals surface area contributed by atoms with Gasteiger partial charge in [0.05, 0.1) is 0 Å². The fourth-order valence-corrected chi connectivity index (χ4v) is 2.51. The number of carbonyl (C=O) groups excluding carboxylic acids is 1. The van der Waals surface area contributed by atoms with Gasteiger partial charge in [0.2, 0.25) is 5.91 Å². The van der Waals surface area contributed by atoms with Crippen molar-refractivity contribution in [2.45, 2.75) is 39.3 Å². The Hall–Kier alpha value is -1.39. The molecule has 0 aromatic heterocycles. The molecule has 4 heteroatoms. The van der Waals surface area contributed by atoms with E-state index in [1.54, 1.807) is 0 Å². The molecular formula is C18H31N3O. The standard InChI is InChI=1S/C18H31N3O/c1-8-21(7)18(3,4)13-19-17(22)16(20(5)6)15-12-10-9-11-14(15)2/h9-12,16H,8,13H2,1-7H3,(H,19,22)/t16-/m0/s1. The molecule has 0 saturated carbocycles. The van der Waals surface area contributed by atoms with Crippen LogP contribution < -0.4 is 5.32 Å². The van der Waals surface area contributed by atoms with Crippen molar-refractivity contribution in [2.75, 3.05) is 34.2 Å². The zero-order valence-corrected chi connectivity index (χ0v) is 15.1. The third-order valence-corrected chi connectivity index (χ3v) is 4.45. The van der Waals surface area contributed by atoms with E-state index in [1.165, 1.54) is 0 Å². The van der Waals surface area contributed by atoms with Gasteiger partial charge in [-0.15, -0.1) is 0 Å². The number of rotatable bonds is 7. The van der Waals surface area contributed by atoms with Crippen molar-refractivity contribution < 1.29 is 4.79 Å². The summed E-state index contributed by atoms with van der Waals surface area (Å²) in [7, 11) is 5.97. The molecule has 0 radical (unpaired) electrons. The normalized spacial score (nSPS) is 13.5. The molecule has 1 atom stereocenters. The molecule has 124 valence electrons. The van der Waals surface area contributed by atoms with Crippen LogP contribution in [0.2, 0.25) is 0 Å². The maximum Gasteiger partial charge on any atom is 0.242 e. The Balaban J connectivity index is 2.86. The van der Waals surface area contributed by atoms with Crippen molar-refractivity contribution in [1.29, 1.82) is 0 Å². The Labute approximate surface area is 135 Å². The van der Waals surface area contributed by atoms with Gasteiger partial charge in [-0.1, -0.05) is 31.2 Å². The minimum Gasteiger partial charge on any atom is -0.353 e. The predicted molar refractivity (Wildman–Crippen MR) is 93.0 cm³/mol. The number of benzene rings is 1. The lowest BCUT2D eigenvalue weighted by Gasteiger charge is -2.36. The van der Waals surface area contributed by atoms with Crippen molar-refractivity contribution in [3.63, 3.8) is 0 Å². The SMILES string of the molecule is CCN(C)C(C)(C)CNC(=O)[C@H](c1ccccc1C)N(C)C. The smallest absolute Gasteiger partial charge is 0.242 e. The third kappa shape index (κ3) is 4.55. The number of hydrogen-bond acceptors (Lipinski definition) is 3. The van der Waals surface area contributed by atoms with E-state index in [9.17, 15) is 4.79 Å². The van der Waals surface area contributed by atoms with E-state index in [0.29, 0.717) is 6.54 Å². The molecule has 0 aliphatic carbocycles. The van der Waals surface area contributed by atoms with Crippen LogP contribution in [0.25, 0.3) is 0 Å². The molecule has 0 bridgehead atoms. The largest absolute Gasteiger partial charge is 0.353 e. The van der Waals surface area contributed by atoms with Crippen LogP contribution in [0.1, 0.15) is 37.9 Å². The Bertz CT molecular complexity index is 497. The van der Waals surface area contributed by atoms with Gasteiger partial charge in [-0.25, -0.2) is 0 Å². The van der Waals surface area contributed by atoms with Crippen LogP contribution in [0.15, 0.2) is 24.3 Å². The van der Waals surface area contributed by atoms with Gasteiger partial charge in [-0.2, -0.15) is 0 Å². The van der Waals surface area contributed by atoms with Gasteiger partial charge < -0.3 is 5.32 Å². The van der Waals surface area contributed by atoms with Gasteiger partial charge >= 0.3 is 0 Å². The van der Waals surface area contributed by atoms with Gasteiger partial charge in [-0.3, -0.25) is 14.6 Å². The highest BCUT2D eigenvalue weighted by Crippen LogP contribution is 2.22. The van der Waals surface area contributed by atoms with Gasteiger partial charge in [0.1, 0.15) is 6.04 Å². The Morgan fingerprint density at radius 2 is 1.82 bits per heavy atom. The highest BCUT2D eigenvalue weighted by molar-refractivity contribution is 5.83. The fourth-order valence-electron chi connectivity index (χ4n) is 2.51. The number of hydrogen-bond donors (Lipinski definition) is 1. The van der Waals surface area contributed by atoms with E-state index in [2.05, 4.69) is 38.0 Å². The summed E-state index contributed by atoms with van der Waals surface area (Å²) in [4.78, 5) is 16.9. The van der Waals surface area contributed by atoms with Crippen molar-refractivity contribution in [1.82, 2.24) is 15.1 Å². The van der Waals surface area contributed by atoms with Crippen LogP contribution in [0, 0.1) is 6.92 Å². The quantitative estimate of drug-likeness (QED) is 0.840. The van der Waals surface area contributed by atoms with E-state index >= 15 is 0 Å². The van der Waals surface area contributed by atoms with Crippen molar-refractivity contribution >= 4 is 5.91 Å². The Kier molecular flexibility index (Phi) is 6.57. The molecule has 0 aliphatic heterocycles. The minimum absolute atomic E-state index is 0.0527. The van der Waals surface area contributed by atoms with Crippen molar-refractivity contribution in [3.05, 3.63) is 35.4 Å². The number of carbonyl (C=O) groups is 1. The van der Waals surface area contributed by atoms with Crippen LogP contribution in [-0.2, 0) is 4.79 Å². The number of aryl methyl sites for hydroxylation is 1. The van der Waals surface area contributed by atoms with E-state index in [-0.39, 0.29) is 17.5 Å². The van der Waals surface area contributed by atoms with E-state index in [1.807, 2.05) is 50.2 Å². The van der Waals surface area contributed by atoms with Crippen molar-refractivity contribution in [2.24, 2.45) is 0 Å². The molecule has 0 aliphatic rings. The molecule has 1 amide bonds. The zero-order chi connectivity index (χ0) is 16.9. The van der Waals surface area contributed by atoms with Gasteiger partial charge in [0, 0.05) is 12.1 Å². The van der Waals surface area contributed by atoms with E-state index in [0.717, 1.165) is 17.7 Å². The van der Waals surface area contributed by atoms with Crippen molar-refractivity contribution in [3.8, 4) is 0 Å². The molecule has 4 nitrogen and oxygen atoms in total. The summed E-state index contributed by atoms with van der Waals surface area (Å²) in [5.41, 5.74) is 2.14. The van der Waals surface area contributed by atoms with Gasteiger partial charge in [0.25, 0.3) is 0 Å². The van der Waals surface area contributed by atoms with Gasteiger partial charge in [-0.05, 0) is 59.6 Å². The van der Waals surface area contributed by atoms with Crippen LogP contribution in [0.3, 0.4) is 0 Å². The molecule has 0 saturated heterocycles. The van der Waals surface area contributed by atoms with E-state index < -0.39 is 0 Å². The lowest BCUT2D eigenvalue weighted by atomic mass is 9.98. The summed E-state index contributed by atoms with van der Waals surface area (Å²) in [6, 6.07) is 7.81. The lowest BCUT2D eigenvalue weighted by molar-refractivity contribution is -0.126. The number of amides is 1.